The zero-order chi connectivity index (χ0) is 14.0. The van der Waals surface area contributed by atoms with Gasteiger partial charge in [0.2, 0.25) is 5.91 Å². The van der Waals surface area contributed by atoms with Gasteiger partial charge < -0.3 is 4.90 Å². The number of hydrogen-bond acceptors (Lipinski definition) is 1. The quantitative estimate of drug-likeness (QED) is 0.790. The molecule has 1 aromatic carbocycles. The van der Waals surface area contributed by atoms with Gasteiger partial charge in [0.25, 0.3) is 0 Å². The minimum atomic E-state index is 0.0711. The van der Waals surface area contributed by atoms with Crippen LogP contribution < -0.4 is 0 Å². The third-order valence-corrected chi connectivity index (χ3v) is 3.98. The molecule has 1 amide bonds. The molecule has 0 aromatic heterocycles. The highest BCUT2D eigenvalue weighted by molar-refractivity contribution is 5.77. The maximum Gasteiger partial charge on any atom is 0.223 e. The topological polar surface area (TPSA) is 20.3 Å². The monoisotopic (exact) mass is 259 g/mol. The predicted octanol–water partition coefficient (Wildman–Crippen LogP) is 3.83. The SMILES string of the molecule is CC1C(c2ccccc2)CCN1C(=O)CC(C)(C)C. The Labute approximate surface area is 116 Å². The van der Waals surface area contributed by atoms with Crippen molar-refractivity contribution in [2.45, 2.75) is 52.5 Å². The van der Waals surface area contributed by atoms with Gasteiger partial charge in [-0.2, -0.15) is 0 Å². The second kappa shape index (κ2) is 5.36. The van der Waals surface area contributed by atoms with E-state index in [2.05, 4.69) is 56.9 Å². The summed E-state index contributed by atoms with van der Waals surface area (Å²) in [6.07, 6.45) is 1.72. The van der Waals surface area contributed by atoms with Crippen LogP contribution in [-0.4, -0.2) is 23.4 Å². The van der Waals surface area contributed by atoms with Gasteiger partial charge in [0.15, 0.2) is 0 Å². The Morgan fingerprint density at radius 1 is 1.26 bits per heavy atom. The molecule has 1 aromatic rings. The molecule has 0 bridgehead atoms. The maximum atomic E-state index is 12.4. The van der Waals surface area contributed by atoms with E-state index >= 15 is 0 Å². The molecule has 2 heteroatoms. The van der Waals surface area contributed by atoms with Crippen LogP contribution in [0.25, 0.3) is 0 Å². The lowest BCUT2D eigenvalue weighted by atomic mass is 9.90. The molecule has 2 atom stereocenters. The fraction of sp³-hybridized carbons (Fsp3) is 0.588. The van der Waals surface area contributed by atoms with Crippen molar-refractivity contribution in [1.29, 1.82) is 0 Å². The van der Waals surface area contributed by atoms with E-state index in [-0.39, 0.29) is 5.41 Å². The number of hydrogen-bond donors (Lipinski definition) is 0. The zero-order valence-corrected chi connectivity index (χ0v) is 12.5. The molecule has 19 heavy (non-hydrogen) atoms. The first-order valence-corrected chi connectivity index (χ1v) is 7.23. The smallest absolute Gasteiger partial charge is 0.223 e. The van der Waals surface area contributed by atoms with Crippen LogP contribution in [-0.2, 0) is 4.79 Å². The molecule has 2 rings (SSSR count). The largest absolute Gasteiger partial charge is 0.339 e. The van der Waals surface area contributed by atoms with Crippen LogP contribution in [0.15, 0.2) is 30.3 Å². The molecule has 0 spiro atoms. The average Bonchev–Trinajstić information content (AvgIpc) is 2.70. The molecule has 1 fully saturated rings. The molecule has 104 valence electrons. The summed E-state index contributed by atoms with van der Waals surface area (Å²) in [6, 6.07) is 10.9. The first-order valence-electron chi connectivity index (χ1n) is 7.23. The second-order valence-corrected chi connectivity index (χ2v) is 6.87. The standard InChI is InChI=1S/C17H25NO/c1-13-15(14-8-6-5-7-9-14)10-11-18(13)16(19)12-17(2,3)4/h5-9,13,15H,10-12H2,1-4H3. The van der Waals surface area contributed by atoms with Gasteiger partial charge in [-0.05, 0) is 24.3 Å². The van der Waals surface area contributed by atoms with Crippen molar-refractivity contribution >= 4 is 5.91 Å². The van der Waals surface area contributed by atoms with Crippen molar-refractivity contribution < 1.29 is 4.79 Å². The Balaban J connectivity index is 2.06. The number of nitrogens with zero attached hydrogens (tertiary/aromatic N) is 1. The van der Waals surface area contributed by atoms with Gasteiger partial charge in [0.1, 0.15) is 0 Å². The van der Waals surface area contributed by atoms with E-state index in [1.807, 2.05) is 6.07 Å². The molecular formula is C17H25NO. The summed E-state index contributed by atoms with van der Waals surface area (Å²) < 4.78 is 0. The highest BCUT2D eigenvalue weighted by atomic mass is 16.2. The van der Waals surface area contributed by atoms with Gasteiger partial charge in [0.05, 0.1) is 0 Å². The molecule has 0 N–H and O–H groups in total. The highest BCUT2D eigenvalue weighted by Crippen LogP contribution is 2.34. The van der Waals surface area contributed by atoms with Gasteiger partial charge in [-0.25, -0.2) is 0 Å². The number of carbonyl (C=O) groups is 1. The van der Waals surface area contributed by atoms with Crippen LogP contribution >= 0.6 is 0 Å². The van der Waals surface area contributed by atoms with Crippen LogP contribution in [0.1, 0.15) is 52.0 Å². The number of benzene rings is 1. The Kier molecular flexibility index (Phi) is 3.98. The van der Waals surface area contributed by atoms with Crippen molar-refractivity contribution in [3.05, 3.63) is 35.9 Å². The fourth-order valence-electron chi connectivity index (χ4n) is 2.99. The second-order valence-electron chi connectivity index (χ2n) is 6.87. The van der Waals surface area contributed by atoms with Crippen LogP contribution in [0.4, 0.5) is 0 Å². The van der Waals surface area contributed by atoms with Crippen molar-refractivity contribution in [1.82, 2.24) is 4.90 Å². The minimum absolute atomic E-state index is 0.0711. The third kappa shape index (κ3) is 3.37. The number of likely N-dealkylation sites (tertiary alicyclic amines) is 1. The molecule has 0 saturated carbocycles. The van der Waals surface area contributed by atoms with Crippen LogP contribution in [0.5, 0.6) is 0 Å². The van der Waals surface area contributed by atoms with Crippen LogP contribution in [0.2, 0.25) is 0 Å². The Bertz CT molecular complexity index is 432. The van der Waals surface area contributed by atoms with Gasteiger partial charge in [-0.3, -0.25) is 4.79 Å². The fourth-order valence-corrected chi connectivity index (χ4v) is 2.99. The maximum absolute atomic E-state index is 12.4. The number of amides is 1. The Morgan fingerprint density at radius 2 is 1.89 bits per heavy atom. The summed E-state index contributed by atoms with van der Waals surface area (Å²) in [5, 5.41) is 0. The van der Waals surface area contributed by atoms with Crippen molar-refractivity contribution in [2.75, 3.05) is 6.54 Å². The van der Waals surface area contributed by atoms with Gasteiger partial charge in [0, 0.05) is 24.9 Å². The van der Waals surface area contributed by atoms with Crippen molar-refractivity contribution in [2.24, 2.45) is 5.41 Å². The van der Waals surface area contributed by atoms with E-state index in [1.165, 1.54) is 5.56 Å². The van der Waals surface area contributed by atoms with E-state index in [4.69, 9.17) is 0 Å². The lowest BCUT2D eigenvalue weighted by Crippen LogP contribution is -2.37. The predicted molar refractivity (Wildman–Crippen MR) is 79.0 cm³/mol. The summed E-state index contributed by atoms with van der Waals surface area (Å²) in [5.74, 6) is 0.795. The first kappa shape index (κ1) is 14.1. The molecular weight excluding hydrogens is 234 g/mol. The molecule has 0 aliphatic carbocycles. The van der Waals surface area contributed by atoms with Crippen molar-refractivity contribution in [3.8, 4) is 0 Å². The summed E-state index contributed by atoms with van der Waals surface area (Å²) in [4.78, 5) is 14.4. The summed E-state index contributed by atoms with van der Waals surface area (Å²) in [5.41, 5.74) is 1.43. The third-order valence-electron chi connectivity index (χ3n) is 3.98. The Hall–Kier alpha value is -1.31. The lowest BCUT2D eigenvalue weighted by molar-refractivity contribution is -0.133. The van der Waals surface area contributed by atoms with E-state index in [0.29, 0.717) is 24.3 Å². The summed E-state index contributed by atoms with van der Waals surface area (Å²) in [7, 11) is 0. The zero-order valence-electron chi connectivity index (χ0n) is 12.5. The molecule has 2 unspecified atom stereocenters. The van der Waals surface area contributed by atoms with Crippen LogP contribution in [0, 0.1) is 5.41 Å². The molecule has 2 nitrogen and oxygen atoms in total. The van der Waals surface area contributed by atoms with E-state index in [1.54, 1.807) is 0 Å². The minimum Gasteiger partial charge on any atom is -0.339 e. The molecule has 1 heterocycles. The normalized spacial score (nSPS) is 23.7. The average molecular weight is 259 g/mol. The van der Waals surface area contributed by atoms with E-state index in [9.17, 15) is 4.79 Å². The van der Waals surface area contributed by atoms with E-state index in [0.717, 1.165) is 13.0 Å². The molecule has 1 aliphatic heterocycles. The van der Waals surface area contributed by atoms with Gasteiger partial charge in [-0.15, -0.1) is 0 Å². The van der Waals surface area contributed by atoms with Gasteiger partial charge in [-0.1, -0.05) is 51.1 Å². The van der Waals surface area contributed by atoms with E-state index < -0.39 is 0 Å². The lowest BCUT2D eigenvalue weighted by Gasteiger charge is -2.28. The van der Waals surface area contributed by atoms with Crippen molar-refractivity contribution in [3.63, 3.8) is 0 Å². The van der Waals surface area contributed by atoms with Gasteiger partial charge >= 0.3 is 0 Å². The molecule has 1 aliphatic rings. The first-order chi connectivity index (χ1) is 8.88. The number of rotatable bonds is 2. The molecule has 1 saturated heterocycles. The summed E-state index contributed by atoms with van der Waals surface area (Å²) >= 11 is 0. The number of carbonyl (C=O) groups excluding carboxylic acids is 1. The highest BCUT2D eigenvalue weighted by Gasteiger charge is 2.35. The Morgan fingerprint density at radius 3 is 2.47 bits per heavy atom. The van der Waals surface area contributed by atoms with Crippen LogP contribution in [0.3, 0.4) is 0 Å². The summed E-state index contributed by atoms with van der Waals surface area (Å²) in [6.45, 7) is 9.46. The molecule has 0 radical (unpaired) electrons.